The highest BCUT2D eigenvalue weighted by Gasteiger charge is 2.09. The lowest BCUT2D eigenvalue weighted by atomic mass is 9.93. The van der Waals surface area contributed by atoms with Crippen LogP contribution in [-0.2, 0) is 6.54 Å². The van der Waals surface area contributed by atoms with E-state index in [0.29, 0.717) is 5.41 Å². The van der Waals surface area contributed by atoms with Gasteiger partial charge in [0, 0.05) is 6.54 Å². The number of hydrogen-bond donors (Lipinski definition) is 1. The summed E-state index contributed by atoms with van der Waals surface area (Å²) in [5, 5.41) is 3.32. The van der Waals surface area contributed by atoms with Crippen LogP contribution in [0, 0.1) is 5.41 Å². The zero-order valence-electron chi connectivity index (χ0n) is 11.5. The molecule has 96 valence electrons. The topological polar surface area (TPSA) is 21.3 Å². The van der Waals surface area contributed by atoms with E-state index in [4.69, 9.17) is 4.74 Å². The van der Waals surface area contributed by atoms with E-state index in [1.165, 1.54) is 5.56 Å². The quantitative estimate of drug-likeness (QED) is 0.813. The molecule has 0 unspecified atom stereocenters. The molecular formula is C15H25NO. The van der Waals surface area contributed by atoms with Crippen LogP contribution in [0.2, 0.25) is 0 Å². The van der Waals surface area contributed by atoms with E-state index >= 15 is 0 Å². The summed E-state index contributed by atoms with van der Waals surface area (Å²) in [7, 11) is 0. The molecule has 0 aliphatic heterocycles. The number of ether oxygens (including phenoxy) is 1. The van der Waals surface area contributed by atoms with Crippen molar-refractivity contribution in [3.8, 4) is 5.75 Å². The summed E-state index contributed by atoms with van der Waals surface area (Å²) < 4.78 is 5.77. The number of hydrogen-bond acceptors (Lipinski definition) is 2. The third-order valence-corrected chi connectivity index (χ3v) is 2.60. The summed E-state index contributed by atoms with van der Waals surface area (Å²) in [5.74, 6) is 0.977. The van der Waals surface area contributed by atoms with Crippen LogP contribution in [0.5, 0.6) is 5.75 Å². The van der Waals surface area contributed by atoms with Crippen molar-refractivity contribution in [2.24, 2.45) is 5.41 Å². The van der Waals surface area contributed by atoms with E-state index in [0.717, 1.165) is 31.9 Å². The minimum atomic E-state index is 0.335. The molecule has 0 aliphatic rings. The van der Waals surface area contributed by atoms with Gasteiger partial charge in [0.25, 0.3) is 0 Å². The molecule has 1 aromatic carbocycles. The molecule has 2 nitrogen and oxygen atoms in total. The van der Waals surface area contributed by atoms with Gasteiger partial charge in [0.15, 0.2) is 0 Å². The van der Waals surface area contributed by atoms with Gasteiger partial charge in [-0.3, -0.25) is 0 Å². The van der Waals surface area contributed by atoms with Crippen molar-refractivity contribution >= 4 is 0 Å². The zero-order valence-corrected chi connectivity index (χ0v) is 11.5. The average molecular weight is 235 g/mol. The van der Waals surface area contributed by atoms with E-state index < -0.39 is 0 Å². The fourth-order valence-electron chi connectivity index (χ4n) is 1.49. The molecule has 0 radical (unpaired) electrons. The van der Waals surface area contributed by atoms with Crippen LogP contribution in [0.25, 0.3) is 0 Å². The number of benzene rings is 1. The summed E-state index contributed by atoms with van der Waals surface area (Å²) >= 11 is 0. The monoisotopic (exact) mass is 235 g/mol. The normalized spacial score (nSPS) is 11.5. The maximum atomic E-state index is 5.77. The summed E-state index contributed by atoms with van der Waals surface area (Å²) in [4.78, 5) is 0. The van der Waals surface area contributed by atoms with Crippen molar-refractivity contribution in [3.05, 3.63) is 29.8 Å². The van der Waals surface area contributed by atoms with Crippen molar-refractivity contribution < 1.29 is 4.74 Å². The zero-order chi connectivity index (χ0) is 12.7. The molecule has 1 rings (SSSR count). The van der Waals surface area contributed by atoms with Crippen molar-refractivity contribution in [3.63, 3.8) is 0 Å². The highest BCUT2D eigenvalue weighted by Crippen LogP contribution is 2.20. The fourth-order valence-corrected chi connectivity index (χ4v) is 1.49. The fraction of sp³-hybridized carbons (Fsp3) is 0.600. The predicted molar refractivity (Wildman–Crippen MR) is 73.4 cm³/mol. The molecule has 0 aliphatic carbocycles. The summed E-state index contributed by atoms with van der Waals surface area (Å²) in [5.41, 5.74) is 1.61. The van der Waals surface area contributed by atoms with Gasteiger partial charge in [-0.25, -0.2) is 0 Å². The minimum absolute atomic E-state index is 0.335. The van der Waals surface area contributed by atoms with Gasteiger partial charge in [-0.05, 0) is 36.1 Å². The van der Waals surface area contributed by atoms with E-state index in [2.05, 4.69) is 51.2 Å². The van der Waals surface area contributed by atoms with Crippen molar-refractivity contribution in [2.45, 2.75) is 40.7 Å². The van der Waals surface area contributed by atoms with Crippen LogP contribution in [0.15, 0.2) is 24.3 Å². The third-order valence-electron chi connectivity index (χ3n) is 2.60. The Bertz CT molecular complexity index is 328. The Morgan fingerprint density at radius 1 is 1.24 bits per heavy atom. The molecule has 0 spiro atoms. The van der Waals surface area contributed by atoms with Gasteiger partial charge in [0.05, 0.1) is 6.61 Å². The largest absolute Gasteiger partial charge is 0.494 e. The first-order valence-corrected chi connectivity index (χ1v) is 6.44. The molecule has 0 heterocycles. The molecular weight excluding hydrogens is 210 g/mol. The average Bonchev–Trinajstić information content (AvgIpc) is 2.25. The number of rotatable bonds is 6. The Hall–Kier alpha value is -1.02. The first-order chi connectivity index (χ1) is 8.01. The molecule has 0 fully saturated rings. The molecule has 0 aromatic heterocycles. The molecule has 2 heteroatoms. The lowest BCUT2D eigenvalue weighted by molar-refractivity contribution is 0.243. The van der Waals surface area contributed by atoms with E-state index in [1.807, 2.05) is 6.07 Å². The molecule has 0 saturated carbocycles. The van der Waals surface area contributed by atoms with Gasteiger partial charge in [-0.2, -0.15) is 0 Å². The third kappa shape index (κ3) is 6.32. The van der Waals surface area contributed by atoms with Crippen LogP contribution in [0.1, 0.15) is 39.7 Å². The van der Waals surface area contributed by atoms with E-state index in [-0.39, 0.29) is 0 Å². The first kappa shape index (κ1) is 14.0. The van der Waals surface area contributed by atoms with Crippen LogP contribution in [0.3, 0.4) is 0 Å². The van der Waals surface area contributed by atoms with Crippen LogP contribution < -0.4 is 10.1 Å². The van der Waals surface area contributed by atoms with Gasteiger partial charge >= 0.3 is 0 Å². The maximum Gasteiger partial charge on any atom is 0.119 e. The van der Waals surface area contributed by atoms with Gasteiger partial charge in [-0.1, -0.05) is 39.8 Å². The number of nitrogens with one attached hydrogen (secondary N) is 1. The standard InChI is InChI=1S/C15H25NO/c1-5-16-12-13-7-6-8-14(11-13)17-10-9-15(2,3)4/h6-8,11,16H,5,9-10,12H2,1-4H3. The molecule has 1 N–H and O–H groups in total. The van der Waals surface area contributed by atoms with Crippen molar-refractivity contribution in [2.75, 3.05) is 13.2 Å². The second-order valence-corrected chi connectivity index (χ2v) is 5.59. The Balaban J connectivity index is 2.43. The van der Waals surface area contributed by atoms with Crippen LogP contribution in [0.4, 0.5) is 0 Å². The molecule has 1 aromatic rings. The lowest BCUT2D eigenvalue weighted by Crippen LogP contribution is -2.12. The maximum absolute atomic E-state index is 5.77. The van der Waals surface area contributed by atoms with Crippen molar-refractivity contribution in [1.82, 2.24) is 5.32 Å². The van der Waals surface area contributed by atoms with Crippen LogP contribution >= 0.6 is 0 Å². The predicted octanol–water partition coefficient (Wildman–Crippen LogP) is 3.61. The highest BCUT2D eigenvalue weighted by molar-refractivity contribution is 5.28. The summed E-state index contributed by atoms with van der Waals surface area (Å²) in [6.45, 7) is 11.5. The van der Waals surface area contributed by atoms with Gasteiger partial charge in [0.2, 0.25) is 0 Å². The first-order valence-electron chi connectivity index (χ1n) is 6.44. The summed E-state index contributed by atoms with van der Waals surface area (Å²) in [6.07, 6.45) is 1.07. The van der Waals surface area contributed by atoms with Gasteiger partial charge in [-0.15, -0.1) is 0 Å². The molecule has 0 saturated heterocycles. The smallest absolute Gasteiger partial charge is 0.119 e. The van der Waals surface area contributed by atoms with E-state index in [1.54, 1.807) is 0 Å². The Labute approximate surface area is 105 Å². The molecule has 0 bridgehead atoms. The van der Waals surface area contributed by atoms with Crippen molar-refractivity contribution in [1.29, 1.82) is 0 Å². The van der Waals surface area contributed by atoms with E-state index in [9.17, 15) is 0 Å². The molecule has 0 atom stereocenters. The highest BCUT2D eigenvalue weighted by atomic mass is 16.5. The second kappa shape index (κ2) is 6.65. The minimum Gasteiger partial charge on any atom is -0.494 e. The Morgan fingerprint density at radius 3 is 2.65 bits per heavy atom. The molecule has 17 heavy (non-hydrogen) atoms. The van der Waals surface area contributed by atoms with Crippen LogP contribution in [-0.4, -0.2) is 13.2 Å². The second-order valence-electron chi connectivity index (χ2n) is 5.59. The Morgan fingerprint density at radius 2 is 2.00 bits per heavy atom. The SMILES string of the molecule is CCNCc1cccc(OCCC(C)(C)C)c1. The lowest BCUT2D eigenvalue weighted by Gasteiger charge is -2.18. The van der Waals surface area contributed by atoms with Gasteiger partial charge in [0.1, 0.15) is 5.75 Å². The van der Waals surface area contributed by atoms with Gasteiger partial charge < -0.3 is 10.1 Å². The Kier molecular flexibility index (Phi) is 5.49. The summed E-state index contributed by atoms with van der Waals surface area (Å²) in [6, 6.07) is 8.32. The molecule has 0 amide bonds.